The lowest BCUT2D eigenvalue weighted by Crippen LogP contribution is -2.48. The summed E-state index contributed by atoms with van der Waals surface area (Å²) in [7, 11) is 0. The second-order valence-corrected chi connectivity index (χ2v) is 9.15. The molecular formula is C23H17NO5S. The summed E-state index contributed by atoms with van der Waals surface area (Å²) in [5.74, 6) is -0.263. The van der Waals surface area contributed by atoms with E-state index in [1.54, 1.807) is 17.0 Å². The first-order chi connectivity index (χ1) is 14.6. The molecule has 0 radical (unpaired) electrons. The summed E-state index contributed by atoms with van der Waals surface area (Å²) in [5.41, 5.74) is 2.65. The minimum absolute atomic E-state index is 0.0792. The number of hydrogen-bond acceptors (Lipinski definition) is 6. The number of thioether (sulfide) groups is 1. The van der Waals surface area contributed by atoms with Gasteiger partial charge < -0.3 is 9.15 Å². The van der Waals surface area contributed by atoms with Crippen molar-refractivity contribution < 1.29 is 18.7 Å². The van der Waals surface area contributed by atoms with Gasteiger partial charge in [0.1, 0.15) is 11.3 Å². The second-order valence-electron chi connectivity index (χ2n) is 7.83. The first-order valence-electron chi connectivity index (χ1n) is 9.99. The highest BCUT2D eigenvalue weighted by Gasteiger charge is 2.58. The van der Waals surface area contributed by atoms with Gasteiger partial charge in [-0.1, -0.05) is 23.9 Å². The molecule has 0 bridgehead atoms. The van der Waals surface area contributed by atoms with Gasteiger partial charge >= 0.3 is 11.6 Å². The van der Waals surface area contributed by atoms with Crippen molar-refractivity contribution in [3.05, 3.63) is 64.0 Å². The van der Waals surface area contributed by atoms with Gasteiger partial charge in [0.2, 0.25) is 5.91 Å². The molecule has 0 saturated carbocycles. The van der Waals surface area contributed by atoms with Crippen molar-refractivity contribution >= 4 is 40.3 Å². The van der Waals surface area contributed by atoms with Crippen LogP contribution in [0.4, 0.5) is 5.69 Å². The molecule has 3 aromatic rings. The number of aryl methyl sites for hydroxylation is 1. The highest BCUT2D eigenvalue weighted by atomic mass is 32.2. The van der Waals surface area contributed by atoms with Crippen LogP contribution < -0.4 is 15.3 Å². The van der Waals surface area contributed by atoms with Gasteiger partial charge in [-0.25, -0.2) is 9.59 Å². The molecule has 30 heavy (non-hydrogen) atoms. The summed E-state index contributed by atoms with van der Waals surface area (Å²) in [5, 5.41) is 0.889. The zero-order valence-electron chi connectivity index (χ0n) is 16.0. The summed E-state index contributed by atoms with van der Waals surface area (Å²) < 4.78 is 11.2. The molecule has 0 N–H and O–H groups in total. The van der Waals surface area contributed by atoms with Gasteiger partial charge in [0.05, 0.1) is 5.69 Å². The molecule has 3 heterocycles. The third-order valence-corrected chi connectivity index (χ3v) is 7.60. The maximum absolute atomic E-state index is 13.3. The number of para-hydroxylation sites is 1. The van der Waals surface area contributed by atoms with Crippen molar-refractivity contribution in [1.29, 1.82) is 0 Å². The van der Waals surface area contributed by atoms with Gasteiger partial charge in [0.25, 0.3) is 0 Å². The van der Waals surface area contributed by atoms with Crippen molar-refractivity contribution in [2.24, 2.45) is 0 Å². The fraction of sp³-hybridized carbons (Fsp3) is 0.261. The van der Waals surface area contributed by atoms with E-state index >= 15 is 0 Å². The van der Waals surface area contributed by atoms with E-state index in [1.165, 1.54) is 11.8 Å². The molecule has 150 valence electrons. The van der Waals surface area contributed by atoms with Crippen LogP contribution in [0.2, 0.25) is 0 Å². The van der Waals surface area contributed by atoms with Gasteiger partial charge in [-0.05, 0) is 49.1 Å². The summed E-state index contributed by atoms with van der Waals surface area (Å²) >= 11 is 1.36. The SMILES string of the molecule is O=C1CCC2(C(=O)Oc3ccc4c5c(c(=O)oc4c3)CCC5)Sc3ccccc3N12. The summed E-state index contributed by atoms with van der Waals surface area (Å²) in [4.78, 5) is 39.5. The van der Waals surface area contributed by atoms with E-state index in [-0.39, 0.29) is 11.5 Å². The number of carbonyl (C=O) groups excluding carboxylic acids is 2. The molecule has 7 heteroatoms. The van der Waals surface area contributed by atoms with E-state index in [0.29, 0.717) is 24.2 Å². The van der Waals surface area contributed by atoms with E-state index in [0.717, 1.165) is 46.4 Å². The number of ether oxygens (including phenoxy) is 1. The van der Waals surface area contributed by atoms with Crippen molar-refractivity contribution in [3.8, 4) is 5.75 Å². The molecule has 1 fully saturated rings. The first-order valence-corrected chi connectivity index (χ1v) is 10.8. The number of hydrogen-bond donors (Lipinski definition) is 0. The summed E-state index contributed by atoms with van der Waals surface area (Å²) in [6, 6.07) is 12.7. The number of rotatable bonds is 2. The standard InChI is InChI=1S/C23H17NO5S/c25-20-10-11-23(24(20)17-6-1-2-7-19(17)30-23)22(27)28-13-8-9-15-14-4-3-5-16(14)21(26)29-18(15)12-13/h1-2,6-9,12H,3-5,10-11H2. The van der Waals surface area contributed by atoms with E-state index in [4.69, 9.17) is 9.15 Å². The minimum atomic E-state index is -1.09. The third-order valence-electron chi connectivity index (χ3n) is 6.15. The van der Waals surface area contributed by atoms with E-state index in [2.05, 4.69) is 0 Å². The fourth-order valence-corrected chi connectivity index (χ4v) is 6.18. The highest BCUT2D eigenvalue weighted by Crippen LogP contribution is 2.56. The maximum atomic E-state index is 13.3. The van der Waals surface area contributed by atoms with Gasteiger partial charge in [-0.2, -0.15) is 0 Å². The van der Waals surface area contributed by atoms with Gasteiger partial charge in [0, 0.05) is 34.8 Å². The maximum Gasteiger partial charge on any atom is 0.348 e. The third kappa shape index (κ3) is 2.35. The van der Waals surface area contributed by atoms with E-state index in [1.807, 2.05) is 30.3 Å². The molecule has 1 aliphatic carbocycles. The zero-order chi connectivity index (χ0) is 20.5. The smallest absolute Gasteiger partial charge is 0.348 e. The number of amides is 1. The van der Waals surface area contributed by atoms with Crippen LogP contribution in [0.1, 0.15) is 30.4 Å². The number of carbonyl (C=O) groups is 2. The Morgan fingerprint density at radius 2 is 1.90 bits per heavy atom. The molecule has 3 aliphatic rings. The highest BCUT2D eigenvalue weighted by molar-refractivity contribution is 8.02. The summed E-state index contributed by atoms with van der Waals surface area (Å²) in [6.45, 7) is 0. The molecule has 0 spiro atoms. The number of nitrogens with zero attached hydrogens (tertiary/aromatic N) is 1. The zero-order valence-corrected chi connectivity index (χ0v) is 16.8. The summed E-state index contributed by atoms with van der Waals surface area (Å²) in [6.07, 6.45) is 3.23. The average molecular weight is 419 g/mol. The molecule has 1 atom stereocenters. The molecule has 6 rings (SSSR count). The molecule has 1 unspecified atom stereocenters. The average Bonchev–Trinajstić information content (AvgIpc) is 3.43. The predicted molar refractivity (Wildman–Crippen MR) is 112 cm³/mol. The number of esters is 1. The molecule has 1 aromatic heterocycles. The number of anilines is 1. The Kier molecular flexibility index (Phi) is 3.68. The van der Waals surface area contributed by atoms with Gasteiger partial charge in [-0.15, -0.1) is 0 Å². The molecule has 1 saturated heterocycles. The van der Waals surface area contributed by atoms with Crippen LogP contribution in [-0.4, -0.2) is 16.7 Å². The van der Waals surface area contributed by atoms with Gasteiger partial charge in [-0.3, -0.25) is 9.69 Å². The number of benzene rings is 2. The Labute approximate surface area is 175 Å². The number of fused-ring (bicyclic) bond motifs is 6. The molecule has 1 amide bonds. The van der Waals surface area contributed by atoms with Crippen LogP contribution in [0.15, 0.2) is 56.6 Å². The Balaban J connectivity index is 1.37. The second kappa shape index (κ2) is 6.22. The predicted octanol–water partition coefficient (Wildman–Crippen LogP) is 3.82. The minimum Gasteiger partial charge on any atom is -0.424 e. The van der Waals surface area contributed by atoms with E-state index in [9.17, 15) is 14.4 Å². The molecule has 2 aromatic carbocycles. The monoisotopic (exact) mass is 419 g/mol. The van der Waals surface area contributed by atoms with E-state index < -0.39 is 10.8 Å². The Morgan fingerprint density at radius 3 is 2.80 bits per heavy atom. The Bertz CT molecular complexity index is 1310. The molecule has 2 aliphatic heterocycles. The van der Waals surface area contributed by atoms with Gasteiger partial charge in [0.15, 0.2) is 4.87 Å². The molecular weight excluding hydrogens is 402 g/mol. The lowest BCUT2D eigenvalue weighted by molar-refractivity contribution is -0.137. The Morgan fingerprint density at radius 1 is 1.07 bits per heavy atom. The lowest BCUT2D eigenvalue weighted by Gasteiger charge is -2.28. The normalized spacial score (nSPS) is 21.6. The van der Waals surface area contributed by atoms with Crippen molar-refractivity contribution in [1.82, 2.24) is 0 Å². The van der Waals surface area contributed by atoms with Crippen molar-refractivity contribution in [2.75, 3.05) is 4.90 Å². The van der Waals surface area contributed by atoms with Crippen molar-refractivity contribution in [3.63, 3.8) is 0 Å². The quantitative estimate of drug-likeness (QED) is 0.357. The van der Waals surface area contributed by atoms with Crippen LogP contribution in [0, 0.1) is 0 Å². The van der Waals surface area contributed by atoms with Crippen molar-refractivity contribution in [2.45, 2.75) is 41.9 Å². The molecule has 6 nitrogen and oxygen atoms in total. The first kappa shape index (κ1) is 17.8. The topological polar surface area (TPSA) is 76.8 Å². The largest absolute Gasteiger partial charge is 0.424 e. The fourth-order valence-electron chi connectivity index (χ4n) is 4.79. The van der Waals surface area contributed by atoms with Crippen LogP contribution in [0.5, 0.6) is 5.75 Å². The van der Waals surface area contributed by atoms with Crippen LogP contribution in [0.25, 0.3) is 11.0 Å². The Hall–Kier alpha value is -3.06. The lowest BCUT2D eigenvalue weighted by atomic mass is 10.1. The van der Waals surface area contributed by atoms with Crippen LogP contribution >= 0.6 is 11.8 Å². The van der Waals surface area contributed by atoms with Crippen LogP contribution in [0.3, 0.4) is 0 Å². The van der Waals surface area contributed by atoms with Crippen LogP contribution in [-0.2, 0) is 22.4 Å².